The quantitative estimate of drug-likeness (QED) is 0.596. The fraction of sp³-hybridized carbons (Fsp3) is 0.381. The molecule has 29 heavy (non-hydrogen) atoms. The highest BCUT2D eigenvalue weighted by molar-refractivity contribution is 5.95. The molecule has 0 aliphatic carbocycles. The summed E-state index contributed by atoms with van der Waals surface area (Å²) in [5, 5.41) is 6.48. The van der Waals surface area contributed by atoms with E-state index in [1.165, 1.54) is 0 Å². The number of ether oxygens (including phenoxy) is 1. The van der Waals surface area contributed by atoms with Crippen molar-refractivity contribution in [2.75, 3.05) is 50.5 Å². The maximum absolute atomic E-state index is 11.6. The predicted octanol–water partition coefficient (Wildman–Crippen LogP) is 2.75. The van der Waals surface area contributed by atoms with E-state index in [-0.39, 0.29) is 5.78 Å². The summed E-state index contributed by atoms with van der Waals surface area (Å²) >= 11 is 0. The molecule has 3 aromatic rings. The molecule has 1 saturated heterocycles. The lowest BCUT2D eigenvalue weighted by Gasteiger charge is -2.26. The van der Waals surface area contributed by atoms with Gasteiger partial charge in [-0.2, -0.15) is 0 Å². The maximum Gasteiger partial charge on any atom is 0.203 e. The van der Waals surface area contributed by atoms with E-state index >= 15 is 0 Å². The Balaban J connectivity index is 1.58. The largest absolute Gasteiger partial charge is 0.379 e. The molecule has 0 bridgehead atoms. The van der Waals surface area contributed by atoms with Crippen molar-refractivity contribution >= 4 is 34.3 Å². The summed E-state index contributed by atoms with van der Waals surface area (Å²) in [5.41, 5.74) is 3.36. The van der Waals surface area contributed by atoms with Gasteiger partial charge in [0.1, 0.15) is 11.3 Å². The summed E-state index contributed by atoms with van der Waals surface area (Å²) in [4.78, 5) is 23.2. The fourth-order valence-electron chi connectivity index (χ4n) is 3.54. The van der Waals surface area contributed by atoms with Crippen LogP contribution in [0.4, 0.5) is 17.5 Å². The number of hydrogen-bond acceptors (Lipinski definition) is 7. The van der Waals surface area contributed by atoms with Crippen LogP contribution in [0.25, 0.3) is 11.0 Å². The molecule has 0 radical (unpaired) electrons. The number of rotatable bonds is 7. The number of hydrogen-bond donors (Lipinski definition) is 2. The molecule has 8 nitrogen and oxygen atoms in total. The number of Topliss-reactive ketones (excluding diaryl/α,β-unsaturated/α-hetero) is 1. The molecule has 0 spiro atoms. The van der Waals surface area contributed by atoms with Crippen molar-refractivity contribution in [3.8, 4) is 0 Å². The minimum atomic E-state index is 0.0388. The van der Waals surface area contributed by atoms with Crippen LogP contribution in [0.5, 0.6) is 0 Å². The van der Waals surface area contributed by atoms with Gasteiger partial charge in [0, 0.05) is 50.5 Å². The summed E-state index contributed by atoms with van der Waals surface area (Å²) in [5.74, 6) is 1.58. The first-order valence-corrected chi connectivity index (χ1v) is 9.86. The van der Waals surface area contributed by atoms with Gasteiger partial charge in [-0.05, 0) is 19.1 Å². The van der Waals surface area contributed by atoms with Crippen molar-refractivity contribution < 1.29 is 9.53 Å². The van der Waals surface area contributed by atoms with Gasteiger partial charge in [-0.3, -0.25) is 9.69 Å². The first-order chi connectivity index (χ1) is 14.1. The van der Waals surface area contributed by atoms with Crippen LogP contribution < -0.4 is 10.6 Å². The number of carbonyl (C=O) groups is 1. The Hall–Kier alpha value is -2.97. The van der Waals surface area contributed by atoms with E-state index in [4.69, 9.17) is 4.74 Å². The molecular formula is C21H26N6O2. The minimum Gasteiger partial charge on any atom is -0.379 e. The van der Waals surface area contributed by atoms with Crippen LogP contribution in [-0.4, -0.2) is 65.1 Å². The number of carbonyl (C=O) groups excluding carboxylic acids is 1. The van der Waals surface area contributed by atoms with Crippen molar-refractivity contribution in [2.24, 2.45) is 0 Å². The molecular weight excluding hydrogens is 368 g/mol. The van der Waals surface area contributed by atoms with Crippen LogP contribution >= 0.6 is 0 Å². The number of fused-ring (bicyclic) bond motifs is 1. The van der Waals surface area contributed by atoms with Gasteiger partial charge in [0.25, 0.3) is 0 Å². The molecule has 2 N–H and O–H groups in total. The number of imidazole rings is 1. The summed E-state index contributed by atoms with van der Waals surface area (Å²) in [6, 6.07) is 9.44. The Kier molecular flexibility index (Phi) is 5.73. The molecule has 1 aliphatic heterocycles. The topological polar surface area (TPSA) is 84.3 Å². The number of aromatic nitrogens is 3. The van der Waals surface area contributed by atoms with E-state index < -0.39 is 0 Å². The summed E-state index contributed by atoms with van der Waals surface area (Å²) in [7, 11) is 1.88. The molecule has 0 atom stereocenters. The normalized spacial score (nSPS) is 14.8. The lowest BCUT2D eigenvalue weighted by Crippen LogP contribution is -2.38. The summed E-state index contributed by atoms with van der Waals surface area (Å²) in [6.45, 7) is 6.84. The van der Waals surface area contributed by atoms with Gasteiger partial charge >= 0.3 is 0 Å². The Morgan fingerprint density at radius 2 is 2.03 bits per heavy atom. The maximum atomic E-state index is 11.6. The number of pyridine rings is 1. The second-order valence-electron chi connectivity index (χ2n) is 7.11. The van der Waals surface area contributed by atoms with E-state index in [1.54, 1.807) is 13.1 Å². The Labute approximate surface area is 169 Å². The average molecular weight is 394 g/mol. The molecule has 0 unspecified atom stereocenters. The van der Waals surface area contributed by atoms with E-state index in [1.807, 2.05) is 37.4 Å². The Morgan fingerprint density at radius 1 is 1.21 bits per heavy atom. The SMILES string of the molecule is CNc1nc2cnc(Nc3cccc(C(C)=O)c3)cc2n1CCN1CCOCC1. The fourth-order valence-corrected chi connectivity index (χ4v) is 3.54. The smallest absolute Gasteiger partial charge is 0.203 e. The first kappa shape index (κ1) is 19.4. The molecule has 3 heterocycles. The lowest BCUT2D eigenvalue weighted by molar-refractivity contribution is 0.0366. The van der Waals surface area contributed by atoms with Crippen LogP contribution in [0.15, 0.2) is 36.5 Å². The average Bonchev–Trinajstić information content (AvgIpc) is 3.10. The van der Waals surface area contributed by atoms with Crippen molar-refractivity contribution in [3.63, 3.8) is 0 Å². The van der Waals surface area contributed by atoms with Crippen LogP contribution in [-0.2, 0) is 11.3 Å². The van der Waals surface area contributed by atoms with E-state index in [0.29, 0.717) is 11.4 Å². The van der Waals surface area contributed by atoms with Crippen molar-refractivity contribution in [2.45, 2.75) is 13.5 Å². The van der Waals surface area contributed by atoms with Gasteiger partial charge in [0.05, 0.1) is 24.9 Å². The van der Waals surface area contributed by atoms with E-state index in [2.05, 4.69) is 30.1 Å². The third kappa shape index (κ3) is 4.38. The third-order valence-corrected chi connectivity index (χ3v) is 5.14. The molecule has 8 heteroatoms. The van der Waals surface area contributed by atoms with Gasteiger partial charge in [0.15, 0.2) is 5.78 Å². The van der Waals surface area contributed by atoms with Gasteiger partial charge in [-0.15, -0.1) is 0 Å². The molecule has 4 rings (SSSR count). The van der Waals surface area contributed by atoms with Crippen molar-refractivity contribution in [1.82, 2.24) is 19.4 Å². The zero-order valence-corrected chi connectivity index (χ0v) is 16.8. The third-order valence-electron chi connectivity index (χ3n) is 5.14. The Bertz CT molecular complexity index is 1010. The number of ketones is 1. The van der Waals surface area contributed by atoms with Gasteiger partial charge in [-0.25, -0.2) is 9.97 Å². The number of morpholine rings is 1. The first-order valence-electron chi connectivity index (χ1n) is 9.86. The van der Waals surface area contributed by atoms with Gasteiger partial charge in [0.2, 0.25) is 5.95 Å². The van der Waals surface area contributed by atoms with E-state index in [0.717, 1.165) is 62.1 Å². The zero-order chi connectivity index (χ0) is 20.2. The van der Waals surface area contributed by atoms with Crippen LogP contribution in [0.3, 0.4) is 0 Å². The molecule has 0 saturated carbocycles. The van der Waals surface area contributed by atoms with Crippen LogP contribution in [0.1, 0.15) is 17.3 Å². The lowest BCUT2D eigenvalue weighted by atomic mass is 10.1. The number of benzene rings is 1. The molecule has 1 fully saturated rings. The van der Waals surface area contributed by atoms with Gasteiger partial charge in [-0.1, -0.05) is 12.1 Å². The molecule has 0 amide bonds. The summed E-state index contributed by atoms with van der Waals surface area (Å²) in [6.07, 6.45) is 1.78. The van der Waals surface area contributed by atoms with E-state index in [9.17, 15) is 4.79 Å². The highest BCUT2D eigenvalue weighted by Gasteiger charge is 2.15. The molecule has 1 aliphatic rings. The van der Waals surface area contributed by atoms with Crippen molar-refractivity contribution in [1.29, 1.82) is 0 Å². The number of nitrogens with zero attached hydrogens (tertiary/aromatic N) is 4. The highest BCUT2D eigenvalue weighted by Crippen LogP contribution is 2.24. The van der Waals surface area contributed by atoms with Crippen molar-refractivity contribution in [3.05, 3.63) is 42.1 Å². The van der Waals surface area contributed by atoms with Gasteiger partial charge < -0.3 is 19.9 Å². The minimum absolute atomic E-state index is 0.0388. The Morgan fingerprint density at radius 3 is 2.79 bits per heavy atom. The zero-order valence-electron chi connectivity index (χ0n) is 16.8. The standard InChI is InChI=1S/C21H26N6O2/c1-15(28)16-4-3-5-17(12-16)24-20-13-19-18(14-23-20)25-21(22-2)27(19)7-6-26-8-10-29-11-9-26/h3-5,12-14H,6-11H2,1-2H3,(H,22,25)(H,23,24). The number of nitrogens with one attached hydrogen (secondary N) is 2. The summed E-state index contributed by atoms with van der Waals surface area (Å²) < 4.78 is 7.62. The monoisotopic (exact) mass is 394 g/mol. The number of anilines is 3. The highest BCUT2D eigenvalue weighted by atomic mass is 16.5. The molecule has 1 aromatic carbocycles. The second-order valence-corrected chi connectivity index (χ2v) is 7.11. The second kappa shape index (κ2) is 8.59. The predicted molar refractivity (Wildman–Crippen MR) is 114 cm³/mol. The van der Waals surface area contributed by atoms with Crippen LogP contribution in [0, 0.1) is 0 Å². The van der Waals surface area contributed by atoms with Crippen LogP contribution in [0.2, 0.25) is 0 Å². The molecule has 2 aromatic heterocycles. The molecule has 152 valence electrons.